The maximum atomic E-state index is 13.1. The van der Waals surface area contributed by atoms with Crippen molar-refractivity contribution < 1.29 is 33.5 Å². The number of imide groups is 1. The Morgan fingerprint density at radius 1 is 1.08 bits per heavy atom. The van der Waals surface area contributed by atoms with Gasteiger partial charge >= 0.3 is 12.1 Å². The zero-order valence-electron chi connectivity index (χ0n) is 20.5. The molecule has 0 N–H and O–H groups in total. The third-order valence-electron chi connectivity index (χ3n) is 6.66. The molecule has 190 valence electrons. The van der Waals surface area contributed by atoms with E-state index in [1.165, 1.54) is 18.5 Å². The molecule has 0 aliphatic carbocycles. The number of imidazole rings is 1. The van der Waals surface area contributed by atoms with Crippen LogP contribution in [-0.2, 0) is 37.6 Å². The number of rotatable bonds is 3. The van der Waals surface area contributed by atoms with Crippen LogP contribution in [0.5, 0.6) is 0 Å². The van der Waals surface area contributed by atoms with Gasteiger partial charge in [0.1, 0.15) is 12.1 Å². The van der Waals surface area contributed by atoms with Crippen molar-refractivity contribution >= 4 is 23.9 Å². The second-order valence-corrected chi connectivity index (χ2v) is 10.1. The minimum atomic E-state index is -0.777. The minimum Gasteiger partial charge on any atom is -0.444 e. The number of amides is 3. The molecule has 11 nitrogen and oxygen atoms in total. The fourth-order valence-corrected chi connectivity index (χ4v) is 5.07. The fraction of sp³-hybridized carbons (Fsp3) is 0.480. The first-order valence-electron chi connectivity index (χ1n) is 11.9. The maximum absolute atomic E-state index is 13.1. The Bertz CT molecular complexity index is 1200. The quantitative estimate of drug-likeness (QED) is 0.594. The number of benzene rings is 1. The molecule has 1 saturated heterocycles. The third-order valence-corrected chi connectivity index (χ3v) is 6.66. The number of fused-ring (bicyclic) bond motifs is 3. The summed E-state index contributed by atoms with van der Waals surface area (Å²) in [6, 6.07) is 6.30. The summed E-state index contributed by atoms with van der Waals surface area (Å²) in [5.74, 6) is -2.13. The van der Waals surface area contributed by atoms with Gasteiger partial charge in [0.15, 0.2) is 0 Å². The number of hydroxylamine groups is 2. The molecule has 0 unspecified atom stereocenters. The summed E-state index contributed by atoms with van der Waals surface area (Å²) < 4.78 is 12.9. The molecular formula is C25H28N4O7. The highest BCUT2D eigenvalue weighted by atomic mass is 16.7. The van der Waals surface area contributed by atoms with E-state index in [0.29, 0.717) is 49.8 Å². The minimum absolute atomic E-state index is 0.194. The van der Waals surface area contributed by atoms with E-state index in [9.17, 15) is 19.2 Å². The molecule has 4 heterocycles. The number of aromatic nitrogens is 2. The van der Waals surface area contributed by atoms with Crippen molar-refractivity contribution in [3.05, 3.63) is 53.1 Å². The van der Waals surface area contributed by atoms with Crippen molar-refractivity contribution in [1.82, 2.24) is 19.5 Å². The Morgan fingerprint density at radius 3 is 2.33 bits per heavy atom. The van der Waals surface area contributed by atoms with Crippen LogP contribution in [0.15, 0.2) is 30.6 Å². The molecule has 1 fully saturated rings. The number of ether oxygens (including phenoxy) is 2. The summed E-state index contributed by atoms with van der Waals surface area (Å²) >= 11 is 0. The van der Waals surface area contributed by atoms with Crippen LogP contribution in [0.3, 0.4) is 0 Å². The number of hydrogen-bond acceptors (Lipinski definition) is 8. The zero-order chi connectivity index (χ0) is 25.7. The van der Waals surface area contributed by atoms with Gasteiger partial charge in [0.2, 0.25) is 0 Å². The smallest absolute Gasteiger partial charge is 0.411 e. The molecule has 2 aromatic rings. The van der Waals surface area contributed by atoms with Crippen molar-refractivity contribution in [3.63, 3.8) is 0 Å². The lowest BCUT2D eigenvalue weighted by atomic mass is 9.80. The molecule has 3 amide bonds. The Kier molecular flexibility index (Phi) is 5.82. The molecular weight excluding hydrogens is 468 g/mol. The van der Waals surface area contributed by atoms with Crippen molar-refractivity contribution in [1.29, 1.82) is 0 Å². The van der Waals surface area contributed by atoms with Gasteiger partial charge in [0.25, 0.3) is 11.8 Å². The van der Waals surface area contributed by atoms with E-state index in [2.05, 4.69) is 4.98 Å². The molecule has 5 rings (SSSR count). The van der Waals surface area contributed by atoms with Gasteiger partial charge < -0.3 is 18.9 Å². The van der Waals surface area contributed by atoms with E-state index in [4.69, 9.17) is 14.3 Å². The molecule has 3 aliphatic rings. The van der Waals surface area contributed by atoms with Crippen molar-refractivity contribution in [3.8, 4) is 0 Å². The van der Waals surface area contributed by atoms with Crippen LogP contribution in [0.1, 0.15) is 65.7 Å². The van der Waals surface area contributed by atoms with Gasteiger partial charge in [-0.3, -0.25) is 14.5 Å². The maximum Gasteiger partial charge on any atom is 0.411 e. The Labute approximate surface area is 207 Å². The van der Waals surface area contributed by atoms with E-state index >= 15 is 0 Å². The first-order valence-corrected chi connectivity index (χ1v) is 11.9. The molecule has 1 aromatic carbocycles. The van der Waals surface area contributed by atoms with Crippen LogP contribution in [0.4, 0.5) is 4.79 Å². The van der Waals surface area contributed by atoms with E-state index in [0.717, 1.165) is 5.69 Å². The topological polar surface area (TPSA) is 120 Å². The molecule has 0 saturated carbocycles. The van der Waals surface area contributed by atoms with Crippen LogP contribution < -0.4 is 0 Å². The number of nitrogens with zero attached hydrogens (tertiary/aromatic N) is 4. The summed E-state index contributed by atoms with van der Waals surface area (Å²) in [5.41, 5.74) is 0.549. The number of carbonyl (C=O) groups is 4. The zero-order valence-corrected chi connectivity index (χ0v) is 20.5. The second-order valence-electron chi connectivity index (χ2n) is 10.1. The van der Waals surface area contributed by atoms with E-state index in [1.807, 2.05) is 20.8 Å². The predicted octanol–water partition coefficient (Wildman–Crippen LogP) is 2.44. The highest BCUT2D eigenvalue weighted by Crippen LogP contribution is 2.43. The molecule has 11 heteroatoms. The summed E-state index contributed by atoms with van der Waals surface area (Å²) in [7, 11) is 0. The monoisotopic (exact) mass is 496 g/mol. The van der Waals surface area contributed by atoms with Gasteiger partial charge in [-0.15, -0.1) is 0 Å². The lowest BCUT2D eigenvalue weighted by Gasteiger charge is -2.48. The highest BCUT2D eigenvalue weighted by molar-refractivity contribution is 6.20. The lowest BCUT2D eigenvalue weighted by Crippen LogP contribution is -2.57. The molecule has 0 radical (unpaired) electrons. The van der Waals surface area contributed by atoms with Crippen LogP contribution in [0.25, 0.3) is 0 Å². The van der Waals surface area contributed by atoms with Crippen LogP contribution in [-0.4, -0.2) is 68.8 Å². The lowest BCUT2D eigenvalue weighted by molar-refractivity contribution is -0.169. The fourth-order valence-electron chi connectivity index (χ4n) is 5.07. The summed E-state index contributed by atoms with van der Waals surface area (Å²) in [6.07, 6.45) is 2.68. The molecule has 3 aliphatic heterocycles. The molecule has 36 heavy (non-hydrogen) atoms. The molecule has 1 spiro atoms. The number of carbonyl (C=O) groups excluding carboxylic acids is 4. The Hall–Kier alpha value is -3.73. The van der Waals surface area contributed by atoms with Crippen molar-refractivity contribution in [2.45, 2.75) is 57.7 Å². The van der Waals surface area contributed by atoms with Gasteiger partial charge in [-0.05, 0) is 32.9 Å². The molecule has 1 aromatic heterocycles. The average molecular weight is 497 g/mol. The van der Waals surface area contributed by atoms with Gasteiger partial charge in [-0.1, -0.05) is 17.2 Å². The van der Waals surface area contributed by atoms with Crippen molar-refractivity contribution in [2.24, 2.45) is 0 Å². The summed E-state index contributed by atoms with van der Waals surface area (Å²) in [4.78, 5) is 62.5. The standard InChI is InChI=1S/C25H28N4O7/c1-24(2,3)35-23(33)28-11-8-18-20(25(28)9-12-34-13-10-25)26-15-27(18)14-19(30)36-29-21(31)16-6-4-5-7-17(16)22(29)32/h4-7,15H,8-14H2,1-3H3. The first kappa shape index (κ1) is 24.0. The van der Waals surface area contributed by atoms with Crippen LogP contribution >= 0.6 is 0 Å². The van der Waals surface area contributed by atoms with Gasteiger partial charge in [-0.2, -0.15) is 0 Å². The largest absolute Gasteiger partial charge is 0.444 e. The average Bonchev–Trinajstić information content (AvgIpc) is 3.34. The van der Waals surface area contributed by atoms with Crippen LogP contribution in [0, 0.1) is 0 Å². The highest BCUT2D eigenvalue weighted by Gasteiger charge is 2.50. The first-order chi connectivity index (χ1) is 17.1. The number of hydrogen-bond donors (Lipinski definition) is 0. The summed E-state index contributed by atoms with van der Waals surface area (Å²) in [6.45, 7) is 6.56. The van der Waals surface area contributed by atoms with Gasteiger partial charge in [0.05, 0.1) is 28.7 Å². The van der Waals surface area contributed by atoms with Crippen molar-refractivity contribution in [2.75, 3.05) is 19.8 Å². The van der Waals surface area contributed by atoms with Gasteiger partial charge in [0, 0.05) is 44.7 Å². The predicted molar refractivity (Wildman–Crippen MR) is 124 cm³/mol. The molecule has 0 bridgehead atoms. The third kappa shape index (κ3) is 4.02. The Morgan fingerprint density at radius 2 is 1.72 bits per heavy atom. The second kappa shape index (κ2) is 8.74. The van der Waals surface area contributed by atoms with E-state index < -0.39 is 35.0 Å². The SMILES string of the molecule is CC(C)(C)OC(=O)N1CCc2c(ncn2CC(=O)ON2C(=O)c3ccccc3C2=O)C12CCOCC2. The van der Waals surface area contributed by atoms with Crippen LogP contribution in [0.2, 0.25) is 0 Å². The van der Waals surface area contributed by atoms with E-state index in [1.54, 1.807) is 21.6 Å². The Balaban J connectivity index is 1.36. The van der Waals surface area contributed by atoms with Gasteiger partial charge in [-0.25, -0.2) is 14.6 Å². The summed E-state index contributed by atoms with van der Waals surface area (Å²) in [5, 5.41) is 0.501. The normalized spacial score (nSPS) is 18.8. The van der Waals surface area contributed by atoms with E-state index in [-0.39, 0.29) is 17.7 Å². The molecule has 0 atom stereocenters.